The Morgan fingerprint density at radius 1 is 1.24 bits per heavy atom. The second-order valence-electron chi connectivity index (χ2n) is 6.42. The van der Waals surface area contributed by atoms with E-state index in [0.717, 1.165) is 49.5 Å². The van der Waals surface area contributed by atoms with Crippen LogP contribution in [0.5, 0.6) is 6.01 Å². The average molecular weight is 347 g/mol. The third-order valence-corrected chi connectivity index (χ3v) is 4.61. The van der Waals surface area contributed by atoms with Crippen LogP contribution in [0.25, 0.3) is 0 Å². The number of aromatic nitrogens is 4. The molecule has 134 valence electrons. The van der Waals surface area contributed by atoms with Crippen LogP contribution in [0, 0.1) is 19.7 Å². The fourth-order valence-electron chi connectivity index (χ4n) is 3.20. The lowest BCUT2D eigenvalue weighted by Crippen LogP contribution is -2.40. The second-order valence-corrected chi connectivity index (χ2v) is 6.42. The van der Waals surface area contributed by atoms with Crippen LogP contribution in [0.2, 0.25) is 0 Å². The van der Waals surface area contributed by atoms with Gasteiger partial charge < -0.3 is 10.1 Å². The zero-order valence-electron chi connectivity index (χ0n) is 14.6. The Labute approximate surface area is 145 Å². The highest BCUT2D eigenvalue weighted by atomic mass is 19.1. The summed E-state index contributed by atoms with van der Waals surface area (Å²) in [7, 11) is 1.83. The number of aryl methyl sites for hydroxylation is 2. The molecule has 1 fully saturated rings. The number of halogens is 1. The summed E-state index contributed by atoms with van der Waals surface area (Å²) in [6.07, 6.45) is 5.37. The van der Waals surface area contributed by atoms with E-state index in [2.05, 4.69) is 20.4 Å². The first-order chi connectivity index (χ1) is 11.9. The van der Waals surface area contributed by atoms with Crippen molar-refractivity contribution < 1.29 is 13.9 Å². The topological polar surface area (TPSA) is 81.9 Å². The largest absolute Gasteiger partial charge is 0.460 e. The Balaban J connectivity index is 1.52. The van der Waals surface area contributed by atoms with Crippen LogP contribution < -0.4 is 10.1 Å². The van der Waals surface area contributed by atoms with Gasteiger partial charge in [-0.1, -0.05) is 0 Å². The zero-order chi connectivity index (χ0) is 18.0. The molecule has 0 saturated heterocycles. The van der Waals surface area contributed by atoms with Gasteiger partial charge in [-0.05, 0) is 39.5 Å². The molecular formula is C17H22FN5O2. The molecular weight excluding hydrogens is 325 g/mol. The molecule has 0 aromatic carbocycles. The molecule has 0 bridgehead atoms. The number of amides is 1. The average Bonchev–Trinajstić information content (AvgIpc) is 2.84. The van der Waals surface area contributed by atoms with E-state index in [9.17, 15) is 9.18 Å². The van der Waals surface area contributed by atoms with E-state index in [4.69, 9.17) is 4.74 Å². The minimum atomic E-state index is -0.486. The quantitative estimate of drug-likeness (QED) is 0.916. The number of rotatable bonds is 4. The van der Waals surface area contributed by atoms with Crippen LogP contribution in [-0.4, -0.2) is 37.8 Å². The van der Waals surface area contributed by atoms with Gasteiger partial charge in [0.05, 0.1) is 23.7 Å². The standard InChI is InChI=1S/C17H22FN5O2/c1-10-15(11(2)23(3)22-10)16(24)21-13-4-6-14(7-5-13)25-17-19-8-12(18)9-20-17/h8-9,13-14H,4-7H2,1-3H3,(H,21,24). The fraction of sp³-hybridized carbons (Fsp3) is 0.529. The van der Waals surface area contributed by atoms with Crippen molar-refractivity contribution in [1.29, 1.82) is 0 Å². The van der Waals surface area contributed by atoms with E-state index in [-0.39, 0.29) is 24.1 Å². The lowest BCUT2D eigenvalue weighted by Gasteiger charge is -2.28. The molecule has 1 aliphatic rings. The van der Waals surface area contributed by atoms with Gasteiger partial charge in [0.1, 0.15) is 6.10 Å². The van der Waals surface area contributed by atoms with Crippen LogP contribution in [0.3, 0.4) is 0 Å². The summed E-state index contributed by atoms with van der Waals surface area (Å²) in [5, 5.41) is 7.38. The molecule has 0 unspecified atom stereocenters. The highest BCUT2D eigenvalue weighted by Gasteiger charge is 2.26. The van der Waals surface area contributed by atoms with Crippen molar-refractivity contribution in [2.45, 2.75) is 51.7 Å². The molecule has 8 heteroatoms. The third kappa shape index (κ3) is 3.94. The normalized spacial score (nSPS) is 20.3. The van der Waals surface area contributed by atoms with E-state index in [0.29, 0.717) is 5.56 Å². The van der Waals surface area contributed by atoms with Gasteiger partial charge in [0.15, 0.2) is 5.82 Å². The number of nitrogens with one attached hydrogen (secondary N) is 1. The van der Waals surface area contributed by atoms with Crippen LogP contribution in [0.15, 0.2) is 12.4 Å². The zero-order valence-corrected chi connectivity index (χ0v) is 14.6. The Kier molecular flexibility index (Phi) is 4.96. The maximum absolute atomic E-state index is 12.8. The smallest absolute Gasteiger partial charge is 0.316 e. The molecule has 0 spiro atoms. The number of hydrogen-bond donors (Lipinski definition) is 1. The predicted molar refractivity (Wildman–Crippen MR) is 88.8 cm³/mol. The Morgan fingerprint density at radius 2 is 1.88 bits per heavy atom. The van der Waals surface area contributed by atoms with Gasteiger partial charge in [0, 0.05) is 18.8 Å². The Hall–Kier alpha value is -2.51. The second kappa shape index (κ2) is 7.16. The molecule has 2 heterocycles. The molecule has 2 aromatic heterocycles. The summed E-state index contributed by atoms with van der Waals surface area (Å²) in [4.78, 5) is 20.1. The minimum Gasteiger partial charge on any atom is -0.460 e. The van der Waals surface area contributed by atoms with Crippen molar-refractivity contribution in [1.82, 2.24) is 25.1 Å². The Morgan fingerprint density at radius 3 is 2.44 bits per heavy atom. The van der Waals surface area contributed by atoms with Crippen LogP contribution in [0.4, 0.5) is 4.39 Å². The lowest BCUT2D eigenvalue weighted by molar-refractivity contribution is 0.0883. The van der Waals surface area contributed by atoms with Gasteiger partial charge in [0.2, 0.25) is 0 Å². The fourth-order valence-corrected chi connectivity index (χ4v) is 3.20. The predicted octanol–water partition coefficient (Wildman–Crippen LogP) is 2.09. The first kappa shape index (κ1) is 17.3. The molecule has 1 N–H and O–H groups in total. The van der Waals surface area contributed by atoms with Gasteiger partial charge in [0.25, 0.3) is 5.91 Å². The van der Waals surface area contributed by atoms with Crippen LogP contribution >= 0.6 is 0 Å². The van der Waals surface area contributed by atoms with E-state index in [1.165, 1.54) is 0 Å². The maximum Gasteiger partial charge on any atom is 0.316 e. The van der Waals surface area contributed by atoms with E-state index in [1.807, 2.05) is 20.9 Å². The molecule has 0 radical (unpaired) electrons. The van der Waals surface area contributed by atoms with Crippen molar-refractivity contribution in [3.8, 4) is 6.01 Å². The Bertz CT molecular complexity index is 751. The molecule has 2 aromatic rings. The molecule has 1 saturated carbocycles. The van der Waals surface area contributed by atoms with Crippen LogP contribution in [-0.2, 0) is 7.05 Å². The lowest BCUT2D eigenvalue weighted by atomic mass is 9.92. The van der Waals surface area contributed by atoms with Crippen LogP contribution in [0.1, 0.15) is 47.4 Å². The van der Waals surface area contributed by atoms with Gasteiger partial charge in [-0.3, -0.25) is 9.48 Å². The number of carbonyl (C=O) groups excluding carboxylic acids is 1. The van der Waals surface area contributed by atoms with E-state index < -0.39 is 5.82 Å². The first-order valence-corrected chi connectivity index (χ1v) is 8.39. The van der Waals surface area contributed by atoms with Gasteiger partial charge in [-0.15, -0.1) is 0 Å². The summed E-state index contributed by atoms with van der Waals surface area (Å²) in [6.45, 7) is 3.73. The van der Waals surface area contributed by atoms with Gasteiger partial charge >= 0.3 is 6.01 Å². The maximum atomic E-state index is 12.8. The first-order valence-electron chi connectivity index (χ1n) is 8.39. The van der Waals surface area contributed by atoms with Crippen molar-refractivity contribution >= 4 is 5.91 Å². The van der Waals surface area contributed by atoms with Crippen molar-refractivity contribution in [2.24, 2.45) is 7.05 Å². The molecule has 1 amide bonds. The van der Waals surface area contributed by atoms with Crippen molar-refractivity contribution in [3.63, 3.8) is 0 Å². The molecule has 0 aliphatic heterocycles. The van der Waals surface area contributed by atoms with Gasteiger partial charge in [-0.25, -0.2) is 14.4 Å². The number of nitrogens with zero attached hydrogens (tertiary/aromatic N) is 4. The minimum absolute atomic E-state index is 0.0134. The highest BCUT2D eigenvalue weighted by molar-refractivity contribution is 5.96. The van der Waals surface area contributed by atoms with E-state index >= 15 is 0 Å². The summed E-state index contributed by atoms with van der Waals surface area (Å²) < 4.78 is 20.2. The molecule has 0 atom stereocenters. The number of hydrogen-bond acceptors (Lipinski definition) is 5. The third-order valence-electron chi connectivity index (χ3n) is 4.61. The number of ether oxygens (including phenoxy) is 1. The SMILES string of the molecule is Cc1nn(C)c(C)c1C(=O)NC1CCC(Oc2ncc(F)cn2)CC1. The van der Waals surface area contributed by atoms with E-state index in [1.54, 1.807) is 4.68 Å². The van der Waals surface area contributed by atoms with Crippen molar-refractivity contribution in [3.05, 3.63) is 35.2 Å². The van der Waals surface area contributed by atoms with Crippen molar-refractivity contribution in [2.75, 3.05) is 0 Å². The summed E-state index contributed by atoms with van der Waals surface area (Å²) in [6, 6.07) is 0.302. The molecule has 7 nitrogen and oxygen atoms in total. The van der Waals surface area contributed by atoms with Gasteiger partial charge in [-0.2, -0.15) is 5.10 Å². The summed E-state index contributed by atoms with van der Waals surface area (Å²) in [5.41, 5.74) is 2.25. The molecule has 25 heavy (non-hydrogen) atoms. The summed E-state index contributed by atoms with van der Waals surface area (Å²) in [5.74, 6) is -0.561. The number of carbonyl (C=O) groups is 1. The summed E-state index contributed by atoms with van der Waals surface area (Å²) >= 11 is 0. The molecule has 1 aliphatic carbocycles. The monoisotopic (exact) mass is 347 g/mol. The molecule has 3 rings (SSSR count). The highest BCUT2D eigenvalue weighted by Crippen LogP contribution is 2.23.